The normalized spacial score (nSPS) is 10.9. The van der Waals surface area contributed by atoms with Gasteiger partial charge in [-0.2, -0.15) is 0 Å². The van der Waals surface area contributed by atoms with Gasteiger partial charge in [0.25, 0.3) is 11.6 Å². The molecule has 1 aromatic heterocycles. The summed E-state index contributed by atoms with van der Waals surface area (Å²) in [7, 11) is 0. The number of aromatic nitrogens is 3. The van der Waals surface area contributed by atoms with E-state index in [-0.39, 0.29) is 16.4 Å². The third kappa shape index (κ3) is 4.37. The van der Waals surface area contributed by atoms with E-state index in [1.165, 1.54) is 18.2 Å². The molecule has 2 N–H and O–H groups in total. The van der Waals surface area contributed by atoms with E-state index in [4.69, 9.17) is 12.2 Å². The van der Waals surface area contributed by atoms with E-state index < -0.39 is 10.8 Å². The van der Waals surface area contributed by atoms with Crippen molar-refractivity contribution in [1.29, 1.82) is 0 Å². The van der Waals surface area contributed by atoms with Gasteiger partial charge in [-0.25, -0.2) is 0 Å². The largest absolute Gasteiger partial charge is 0.332 e. The topological polar surface area (TPSA) is 115 Å². The molecule has 0 saturated heterocycles. The van der Waals surface area contributed by atoms with E-state index in [0.29, 0.717) is 22.3 Å². The highest BCUT2D eigenvalue weighted by Gasteiger charge is 2.17. The molecule has 0 aliphatic carbocycles. The molecule has 10 heteroatoms. The number of nitrogens with one attached hydrogen (secondary N) is 2. The summed E-state index contributed by atoms with van der Waals surface area (Å²) in [5, 5.41) is 28.3. The molecule has 0 bridgehead atoms. The first-order valence-electron chi connectivity index (χ1n) is 11.0. The summed E-state index contributed by atoms with van der Waals surface area (Å²) in [5.41, 5.74) is 4.23. The molecule has 36 heavy (non-hydrogen) atoms. The fourth-order valence-electron chi connectivity index (χ4n) is 3.97. The molecule has 0 radical (unpaired) electrons. The molecule has 0 fully saturated rings. The predicted molar refractivity (Wildman–Crippen MR) is 143 cm³/mol. The SMILES string of the molecule is Cc1cc2nn(-c3cccc4ccccc34)nc2cc1NC(=S)NC(=O)c1ccc(C)c([N+](=O)[O-])c1. The molecule has 0 atom stereocenters. The number of hydrogen-bond donors (Lipinski definition) is 2. The molecule has 4 aromatic carbocycles. The van der Waals surface area contributed by atoms with Crippen LogP contribution < -0.4 is 10.6 Å². The van der Waals surface area contributed by atoms with Gasteiger partial charge in [0, 0.05) is 28.3 Å². The summed E-state index contributed by atoms with van der Waals surface area (Å²) in [6.07, 6.45) is 0. The Kier molecular flexibility index (Phi) is 5.87. The Morgan fingerprint density at radius 3 is 2.44 bits per heavy atom. The summed E-state index contributed by atoms with van der Waals surface area (Å²) in [6.45, 7) is 3.51. The summed E-state index contributed by atoms with van der Waals surface area (Å²) in [6, 6.07) is 22.0. The van der Waals surface area contributed by atoms with Crippen molar-refractivity contribution < 1.29 is 9.72 Å². The Morgan fingerprint density at radius 1 is 0.944 bits per heavy atom. The maximum absolute atomic E-state index is 12.6. The maximum Gasteiger partial charge on any atom is 0.273 e. The second-order valence-electron chi connectivity index (χ2n) is 8.31. The number of amides is 1. The molecular weight excluding hydrogens is 476 g/mol. The third-order valence-electron chi connectivity index (χ3n) is 5.85. The van der Waals surface area contributed by atoms with Crippen LogP contribution in [-0.4, -0.2) is 30.9 Å². The number of fused-ring (bicyclic) bond motifs is 2. The number of nitrogens with zero attached hydrogens (tertiary/aromatic N) is 4. The van der Waals surface area contributed by atoms with Crippen LogP contribution in [0.1, 0.15) is 21.5 Å². The van der Waals surface area contributed by atoms with Crippen molar-refractivity contribution in [1.82, 2.24) is 20.3 Å². The number of hydrogen-bond acceptors (Lipinski definition) is 6. The lowest BCUT2D eigenvalue weighted by atomic mass is 10.1. The van der Waals surface area contributed by atoms with E-state index >= 15 is 0 Å². The van der Waals surface area contributed by atoms with Gasteiger partial charge in [0.05, 0.1) is 10.6 Å². The number of carbonyl (C=O) groups is 1. The minimum atomic E-state index is -0.545. The van der Waals surface area contributed by atoms with Crippen molar-refractivity contribution in [2.45, 2.75) is 13.8 Å². The van der Waals surface area contributed by atoms with Crippen LogP contribution in [0.5, 0.6) is 0 Å². The Morgan fingerprint density at radius 2 is 1.67 bits per heavy atom. The van der Waals surface area contributed by atoms with Crippen molar-refractivity contribution in [3.63, 3.8) is 0 Å². The molecule has 0 spiro atoms. The molecular formula is C26H20N6O3S. The van der Waals surface area contributed by atoms with Gasteiger partial charge >= 0.3 is 0 Å². The minimum absolute atomic E-state index is 0.0622. The lowest BCUT2D eigenvalue weighted by Gasteiger charge is -2.12. The Labute approximate surface area is 210 Å². The van der Waals surface area contributed by atoms with Crippen LogP contribution in [0.2, 0.25) is 0 Å². The van der Waals surface area contributed by atoms with Crippen LogP contribution in [0, 0.1) is 24.0 Å². The molecule has 1 amide bonds. The van der Waals surface area contributed by atoms with Crippen LogP contribution in [0.3, 0.4) is 0 Å². The Hall–Kier alpha value is -4.70. The number of nitro groups is 1. The van der Waals surface area contributed by atoms with Gasteiger partial charge in [-0.1, -0.05) is 42.5 Å². The van der Waals surface area contributed by atoms with E-state index in [9.17, 15) is 14.9 Å². The van der Waals surface area contributed by atoms with Gasteiger partial charge < -0.3 is 5.32 Å². The van der Waals surface area contributed by atoms with Gasteiger partial charge in [0.1, 0.15) is 11.0 Å². The van der Waals surface area contributed by atoms with E-state index in [1.54, 1.807) is 11.7 Å². The average molecular weight is 497 g/mol. The van der Waals surface area contributed by atoms with Crippen molar-refractivity contribution >= 4 is 56.4 Å². The predicted octanol–water partition coefficient (Wildman–Crippen LogP) is 5.23. The third-order valence-corrected chi connectivity index (χ3v) is 6.06. The smallest absolute Gasteiger partial charge is 0.273 e. The quantitative estimate of drug-likeness (QED) is 0.199. The minimum Gasteiger partial charge on any atom is -0.332 e. The van der Waals surface area contributed by atoms with Gasteiger partial charge in [-0.05, 0) is 61.3 Å². The van der Waals surface area contributed by atoms with Crippen LogP contribution in [-0.2, 0) is 0 Å². The van der Waals surface area contributed by atoms with Crippen molar-refractivity contribution in [2.75, 3.05) is 5.32 Å². The fourth-order valence-corrected chi connectivity index (χ4v) is 4.17. The van der Waals surface area contributed by atoms with Crippen LogP contribution in [0.25, 0.3) is 27.5 Å². The second-order valence-corrected chi connectivity index (χ2v) is 8.72. The van der Waals surface area contributed by atoms with E-state index in [1.807, 2.05) is 61.5 Å². The summed E-state index contributed by atoms with van der Waals surface area (Å²) in [4.78, 5) is 24.9. The zero-order chi connectivity index (χ0) is 25.4. The number of aryl methyl sites for hydroxylation is 2. The standard InChI is InChI=1S/C26H20N6O3S/c1-15-10-11-18(13-24(15)32(34)35)25(33)28-26(36)27-20-14-22-21(12-16(20)2)29-31(30-22)23-9-5-7-17-6-3-4-8-19(17)23/h3-14H,1-2H3,(H2,27,28,33,36). The summed E-state index contributed by atoms with van der Waals surface area (Å²) >= 11 is 5.32. The zero-order valence-electron chi connectivity index (χ0n) is 19.4. The lowest BCUT2D eigenvalue weighted by molar-refractivity contribution is -0.385. The van der Waals surface area contributed by atoms with E-state index in [0.717, 1.165) is 22.0 Å². The number of thiocarbonyl (C=S) groups is 1. The molecule has 0 saturated carbocycles. The number of rotatable bonds is 4. The lowest BCUT2D eigenvalue weighted by Crippen LogP contribution is -2.34. The number of anilines is 1. The highest BCUT2D eigenvalue weighted by molar-refractivity contribution is 7.80. The number of carbonyl (C=O) groups excluding carboxylic acids is 1. The average Bonchev–Trinajstić information content (AvgIpc) is 3.26. The number of nitro benzene ring substituents is 1. The van der Waals surface area contributed by atoms with Gasteiger partial charge in [0.2, 0.25) is 0 Å². The molecule has 1 heterocycles. The maximum atomic E-state index is 12.6. The molecule has 5 aromatic rings. The number of benzene rings is 4. The van der Waals surface area contributed by atoms with Crippen LogP contribution in [0.4, 0.5) is 11.4 Å². The zero-order valence-corrected chi connectivity index (χ0v) is 20.2. The molecule has 0 unspecified atom stereocenters. The first-order chi connectivity index (χ1) is 17.3. The summed E-state index contributed by atoms with van der Waals surface area (Å²) in [5.74, 6) is -0.545. The molecule has 0 aliphatic heterocycles. The summed E-state index contributed by atoms with van der Waals surface area (Å²) < 4.78 is 0. The first kappa shape index (κ1) is 23.1. The Bertz CT molecular complexity index is 1690. The van der Waals surface area contributed by atoms with Crippen molar-refractivity contribution in [2.24, 2.45) is 0 Å². The van der Waals surface area contributed by atoms with Crippen LogP contribution in [0.15, 0.2) is 72.8 Å². The Balaban J connectivity index is 1.38. The van der Waals surface area contributed by atoms with Crippen molar-refractivity contribution in [3.8, 4) is 5.69 Å². The highest BCUT2D eigenvalue weighted by atomic mass is 32.1. The molecule has 5 rings (SSSR count). The van der Waals surface area contributed by atoms with Crippen LogP contribution >= 0.6 is 12.2 Å². The van der Waals surface area contributed by atoms with Gasteiger partial charge in [-0.15, -0.1) is 15.0 Å². The van der Waals surface area contributed by atoms with Gasteiger partial charge in [0.15, 0.2) is 5.11 Å². The molecule has 0 aliphatic rings. The van der Waals surface area contributed by atoms with E-state index in [2.05, 4.69) is 20.8 Å². The fraction of sp³-hybridized carbons (Fsp3) is 0.0769. The second kappa shape index (κ2) is 9.16. The highest BCUT2D eigenvalue weighted by Crippen LogP contribution is 2.25. The van der Waals surface area contributed by atoms with Gasteiger partial charge in [-0.3, -0.25) is 20.2 Å². The van der Waals surface area contributed by atoms with Crippen molar-refractivity contribution in [3.05, 3.63) is 99.6 Å². The first-order valence-corrected chi connectivity index (χ1v) is 11.4. The molecule has 9 nitrogen and oxygen atoms in total. The molecule has 178 valence electrons. The monoisotopic (exact) mass is 496 g/mol.